The van der Waals surface area contributed by atoms with Gasteiger partial charge in [-0.05, 0) is 0 Å². The summed E-state index contributed by atoms with van der Waals surface area (Å²) in [5.41, 5.74) is 5.01. The van der Waals surface area contributed by atoms with E-state index in [-0.39, 0.29) is 0 Å². The molecule has 0 fully saturated rings. The molecule has 0 unspecified atom stereocenters. The maximum Gasteiger partial charge on any atom is 0.673 e. The van der Waals surface area contributed by atoms with Crippen molar-refractivity contribution >= 4 is 23.8 Å². The van der Waals surface area contributed by atoms with Gasteiger partial charge in [0.05, 0.1) is 0 Å². The van der Waals surface area contributed by atoms with Crippen LogP contribution in [-0.4, -0.2) is 23.8 Å². The molecule has 1 aliphatic rings. The van der Waals surface area contributed by atoms with Gasteiger partial charge in [-0.15, -0.1) is 0 Å². The van der Waals surface area contributed by atoms with E-state index in [1.165, 1.54) is 22.1 Å². The Kier molecular flexibility index (Phi) is 4.92. The Balaban J connectivity index is 0.000000385. The molecule has 0 nitrogen and oxygen atoms in total. The van der Waals surface area contributed by atoms with Gasteiger partial charge in [-0.1, -0.05) is 0 Å². The van der Waals surface area contributed by atoms with Crippen LogP contribution in [-0.2, 0) is 0 Å². The first-order valence-corrected chi connectivity index (χ1v) is 6.46. The number of rotatable bonds is 0. The molecule has 0 aromatic heterocycles. The molecule has 0 heterocycles. The zero-order valence-electron chi connectivity index (χ0n) is 10.3. The second-order valence-corrected chi connectivity index (χ2v) is 5.96. The molecule has 0 radical (unpaired) electrons. The van der Waals surface area contributed by atoms with Crippen molar-refractivity contribution in [2.24, 2.45) is 5.41 Å². The molecule has 0 aliphatic heterocycles. The summed E-state index contributed by atoms with van der Waals surface area (Å²) in [5, 5.41) is 0. The first kappa shape index (κ1) is 15.8. The van der Waals surface area contributed by atoms with E-state index in [2.05, 4.69) is 34.6 Å². The van der Waals surface area contributed by atoms with Crippen molar-refractivity contribution in [3.05, 3.63) is 21.1 Å². The van der Waals surface area contributed by atoms with E-state index in [0.29, 0.717) is 5.41 Å². The van der Waals surface area contributed by atoms with Crippen LogP contribution >= 0.6 is 0 Å². The summed E-state index contributed by atoms with van der Waals surface area (Å²) in [6, 6.07) is 0. The van der Waals surface area contributed by atoms with Crippen LogP contribution in [0.4, 0.5) is 17.3 Å². The maximum atomic E-state index is 9.75. The van der Waals surface area contributed by atoms with Gasteiger partial charge in [0.25, 0.3) is 0 Å². The molecule has 0 aromatic carbocycles. The predicted octanol–water partition coefficient (Wildman–Crippen LogP) is 3.57. The van der Waals surface area contributed by atoms with Gasteiger partial charge < -0.3 is 17.3 Å². The van der Waals surface area contributed by atoms with Crippen molar-refractivity contribution < 1.29 is 17.3 Å². The summed E-state index contributed by atoms with van der Waals surface area (Å²) in [5.74, 6) is 0. The molecular formula is C10H17BF4Ge. The van der Waals surface area contributed by atoms with Crippen LogP contribution in [0.2, 0.25) is 0 Å². The largest absolute Gasteiger partial charge is 0.673 e. The second kappa shape index (κ2) is 4.98. The van der Waals surface area contributed by atoms with E-state index in [9.17, 15) is 17.3 Å². The van der Waals surface area contributed by atoms with Crippen molar-refractivity contribution in [3.63, 3.8) is 0 Å². The summed E-state index contributed by atoms with van der Waals surface area (Å²) >= 11 is 1.31. The van der Waals surface area contributed by atoms with Crippen molar-refractivity contribution in [1.82, 2.24) is 0 Å². The van der Waals surface area contributed by atoms with Gasteiger partial charge in [0.1, 0.15) is 0 Å². The van der Waals surface area contributed by atoms with Crippen molar-refractivity contribution in [2.75, 3.05) is 0 Å². The maximum absolute atomic E-state index is 9.75. The molecule has 92 valence electrons. The third-order valence-corrected chi connectivity index (χ3v) is 6.24. The SMILES string of the molecule is CC1=C(C)C(C)(C)[C]([GeH2+])=C1C.F[B-](F)(F)F. The summed E-state index contributed by atoms with van der Waals surface area (Å²) in [6.07, 6.45) is 0. The molecule has 1 aliphatic carbocycles. The monoisotopic (exact) mass is 298 g/mol. The molecule has 0 amide bonds. The topological polar surface area (TPSA) is 0 Å². The molecule has 0 bridgehead atoms. The zero-order valence-corrected chi connectivity index (χ0v) is 13.3. The molecule has 0 atom stereocenters. The summed E-state index contributed by atoms with van der Waals surface area (Å²) in [7, 11) is -6.00. The minimum Gasteiger partial charge on any atom is -0.418 e. The first-order valence-electron chi connectivity index (χ1n) is 4.98. The molecule has 0 saturated carbocycles. The van der Waals surface area contributed by atoms with E-state index in [4.69, 9.17) is 0 Å². The quantitative estimate of drug-likeness (QED) is 0.473. The first-order chi connectivity index (χ1) is 6.89. The average Bonchev–Trinajstić information content (AvgIpc) is 2.19. The van der Waals surface area contributed by atoms with Gasteiger partial charge in [-0.2, -0.15) is 0 Å². The Morgan fingerprint density at radius 2 is 1.25 bits per heavy atom. The zero-order chi connectivity index (χ0) is 13.3. The smallest absolute Gasteiger partial charge is 0.418 e. The number of hydrogen-bond acceptors (Lipinski definition) is 0. The number of halogens is 4. The van der Waals surface area contributed by atoms with Gasteiger partial charge in [0.2, 0.25) is 0 Å². The van der Waals surface area contributed by atoms with Crippen LogP contribution in [0, 0.1) is 5.41 Å². The van der Waals surface area contributed by atoms with Gasteiger partial charge in [0.15, 0.2) is 0 Å². The average molecular weight is 297 g/mol. The van der Waals surface area contributed by atoms with Gasteiger partial charge in [-0.25, -0.2) is 0 Å². The fourth-order valence-electron chi connectivity index (χ4n) is 1.67. The van der Waals surface area contributed by atoms with Crippen LogP contribution in [0.25, 0.3) is 0 Å². The van der Waals surface area contributed by atoms with Gasteiger partial charge in [0, 0.05) is 0 Å². The van der Waals surface area contributed by atoms with Crippen molar-refractivity contribution in [1.29, 1.82) is 0 Å². The summed E-state index contributed by atoms with van der Waals surface area (Å²) in [6.45, 7) is 11.4. The second-order valence-electron chi connectivity index (χ2n) is 4.47. The Morgan fingerprint density at radius 1 is 0.938 bits per heavy atom. The fourth-order valence-corrected chi connectivity index (χ4v) is 2.78. The Bertz CT molecular complexity index is 307. The van der Waals surface area contributed by atoms with Crippen LogP contribution in [0.15, 0.2) is 21.1 Å². The van der Waals surface area contributed by atoms with E-state index in [1.807, 2.05) is 0 Å². The molecule has 1 rings (SSSR count). The molecular weight excluding hydrogens is 280 g/mol. The standard InChI is InChI=1S/C10H17Ge.BF4/c1-6-7(2)9(11)10(4,5)8(6)3;2-1(3,4)5/h11H2,1-5H3;/q+1;-1. The van der Waals surface area contributed by atoms with Crippen LogP contribution in [0.5, 0.6) is 0 Å². The minimum absolute atomic E-state index is 0.369. The van der Waals surface area contributed by atoms with Gasteiger partial charge >= 0.3 is 84.9 Å². The minimum atomic E-state index is -6.00. The molecule has 16 heavy (non-hydrogen) atoms. The van der Waals surface area contributed by atoms with E-state index >= 15 is 0 Å². The van der Waals surface area contributed by atoms with Crippen molar-refractivity contribution in [2.45, 2.75) is 34.6 Å². The van der Waals surface area contributed by atoms with E-state index in [1.54, 1.807) is 15.6 Å². The van der Waals surface area contributed by atoms with Crippen LogP contribution in [0.3, 0.4) is 0 Å². The van der Waals surface area contributed by atoms with Crippen molar-refractivity contribution in [3.8, 4) is 0 Å². The molecule has 6 heteroatoms. The molecule has 0 aromatic rings. The van der Waals surface area contributed by atoms with Crippen LogP contribution in [0.1, 0.15) is 34.6 Å². The summed E-state index contributed by atoms with van der Waals surface area (Å²) in [4.78, 5) is 0. The van der Waals surface area contributed by atoms with Crippen LogP contribution < -0.4 is 0 Å². The van der Waals surface area contributed by atoms with Gasteiger partial charge in [-0.3, -0.25) is 0 Å². The molecule has 0 N–H and O–H groups in total. The van der Waals surface area contributed by atoms with E-state index in [0.717, 1.165) is 0 Å². The predicted molar refractivity (Wildman–Crippen MR) is 63.6 cm³/mol. The third-order valence-electron chi connectivity index (χ3n) is 3.27. The Labute approximate surface area is 103 Å². The third kappa shape index (κ3) is 4.00. The van der Waals surface area contributed by atoms with E-state index < -0.39 is 7.25 Å². The molecule has 0 saturated heterocycles. The summed E-state index contributed by atoms with van der Waals surface area (Å²) < 4.78 is 40.7. The fraction of sp³-hybridized carbons (Fsp3) is 0.600. The number of allylic oxidation sites excluding steroid dienone is 4. The normalized spacial score (nSPS) is 19.8. The number of hydrogen-bond donors (Lipinski definition) is 0. The Morgan fingerprint density at radius 3 is 1.31 bits per heavy atom. The Hall–Kier alpha value is -0.192. The molecule has 0 spiro atoms.